The van der Waals surface area contributed by atoms with Gasteiger partial charge < -0.3 is 4.98 Å². The van der Waals surface area contributed by atoms with Crippen LogP contribution < -0.4 is 0 Å². The van der Waals surface area contributed by atoms with Crippen LogP contribution >= 0.6 is 0 Å². The normalized spacial score (nSPS) is 11.0. The molecule has 0 saturated carbocycles. The molecule has 0 unspecified atom stereocenters. The molecule has 0 aliphatic rings. The Hall–Kier alpha value is -3.26. The van der Waals surface area contributed by atoms with Crippen molar-refractivity contribution in [2.75, 3.05) is 0 Å². The lowest BCUT2D eigenvalue weighted by molar-refractivity contribution is 0.629. The first kappa shape index (κ1) is 13.4. The van der Waals surface area contributed by atoms with Crippen LogP contribution in [0.15, 0.2) is 48.7 Å². The summed E-state index contributed by atoms with van der Waals surface area (Å²) in [6.07, 6.45) is 1.68. The Morgan fingerprint density at radius 1 is 1.00 bits per heavy atom. The van der Waals surface area contributed by atoms with E-state index in [0.29, 0.717) is 27.7 Å². The monoisotopic (exact) mass is 305 g/mol. The molecule has 5 heteroatoms. The molecule has 0 spiro atoms. The molecule has 0 aliphatic heterocycles. The van der Waals surface area contributed by atoms with Crippen LogP contribution in [0.25, 0.3) is 33.1 Å². The van der Waals surface area contributed by atoms with E-state index in [2.05, 4.69) is 9.97 Å². The fourth-order valence-electron chi connectivity index (χ4n) is 2.74. The van der Waals surface area contributed by atoms with Gasteiger partial charge >= 0.3 is 0 Å². The third-order valence-electron chi connectivity index (χ3n) is 3.80. The molecule has 0 radical (unpaired) electrons. The van der Waals surface area contributed by atoms with Crippen LogP contribution in [0.5, 0.6) is 0 Å². The Kier molecular flexibility index (Phi) is 2.85. The zero-order valence-corrected chi connectivity index (χ0v) is 11.8. The average molecular weight is 305 g/mol. The molecule has 4 aromatic rings. The number of benzene rings is 2. The minimum Gasteiger partial charge on any atom is -0.359 e. The maximum Gasteiger partial charge on any atom is 0.125 e. The number of aromatic amines is 1. The van der Waals surface area contributed by atoms with Crippen LogP contribution in [0.4, 0.5) is 8.78 Å². The van der Waals surface area contributed by atoms with Crippen molar-refractivity contribution in [2.45, 2.75) is 0 Å². The topological polar surface area (TPSA) is 52.5 Å². The second-order valence-electron chi connectivity index (χ2n) is 5.22. The van der Waals surface area contributed by atoms with Crippen LogP contribution in [0.3, 0.4) is 0 Å². The highest BCUT2D eigenvalue weighted by molar-refractivity contribution is 5.98. The highest BCUT2D eigenvalue weighted by Gasteiger charge is 2.13. The van der Waals surface area contributed by atoms with Crippen LogP contribution in [0, 0.1) is 23.0 Å². The molecule has 23 heavy (non-hydrogen) atoms. The number of nitrogens with one attached hydrogen (secondary N) is 1. The van der Waals surface area contributed by atoms with Crippen LogP contribution in [0.1, 0.15) is 5.56 Å². The van der Waals surface area contributed by atoms with E-state index in [1.165, 1.54) is 24.3 Å². The number of halogens is 2. The second kappa shape index (κ2) is 4.89. The summed E-state index contributed by atoms with van der Waals surface area (Å²) in [5, 5.41) is 10.5. The molecule has 4 rings (SSSR count). The fraction of sp³-hybridized carbons (Fsp3) is 0. The van der Waals surface area contributed by atoms with Crippen molar-refractivity contribution < 1.29 is 8.78 Å². The van der Waals surface area contributed by atoms with Gasteiger partial charge in [-0.15, -0.1) is 0 Å². The third-order valence-corrected chi connectivity index (χ3v) is 3.80. The molecule has 0 bridgehead atoms. The van der Waals surface area contributed by atoms with E-state index in [4.69, 9.17) is 5.26 Å². The Morgan fingerprint density at radius 3 is 2.65 bits per heavy atom. The minimum absolute atomic E-state index is 0.234. The van der Waals surface area contributed by atoms with Gasteiger partial charge in [-0.3, -0.25) is 0 Å². The Bertz CT molecular complexity index is 1110. The lowest BCUT2D eigenvalue weighted by atomic mass is 10.1. The molecule has 0 amide bonds. The largest absolute Gasteiger partial charge is 0.359 e. The molecule has 0 fully saturated rings. The zero-order valence-electron chi connectivity index (χ0n) is 11.8. The Labute approximate surface area is 129 Å². The SMILES string of the molecule is N#Cc1cc(F)cc2c(-c3ccc4ccc(F)cc4n3)c[nH]c12. The van der Waals surface area contributed by atoms with Gasteiger partial charge in [-0.2, -0.15) is 5.26 Å². The lowest BCUT2D eigenvalue weighted by Gasteiger charge is -2.03. The minimum atomic E-state index is -0.485. The molecule has 0 atom stereocenters. The predicted octanol–water partition coefficient (Wildman–Crippen LogP) is 4.53. The molecule has 110 valence electrons. The highest BCUT2D eigenvalue weighted by Crippen LogP contribution is 2.31. The quantitative estimate of drug-likeness (QED) is 0.561. The van der Waals surface area contributed by atoms with Crippen LogP contribution in [-0.2, 0) is 0 Å². The van der Waals surface area contributed by atoms with E-state index in [1.54, 1.807) is 18.3 Å². The van der Waals surface area contributed by atoms with E-state index in [-0.39, 0.29) is 11.4 Å². The number of fused-ring (bicyclic) bond motifs is 2. The van der Waals surface area contributed by atoms with Crippen LogP contribution in [-0.4, -0.2) is 9.97 Å². The summed E-state index contributed by atoms with van der Waals surface area (Å²) in [7, 11) is 0. The van der Waals surface area contributed by atoms with E-state index in [9.17, 15) is 8.78 Å². The first-order chi connectivity index (χ1) is 11.2. The fourth-order valence-corrected chi connectivity index (χ4v) is 2.74. The zero-order chi connectivity index (χ0) is 16.0. The van der Waals surface area contributed by atoms with Crippen molar-refractivity contribution in [3.63, 3.8) is 0 Å². The Morgan fingerprint density at radius 2 is 1.83 bits per heavy atom. The van der Waals surface area contributed by atoms with Crippen molar-refractivity contribution in [3.05, 3.63) is 65.9 Å². The molecule has 2 aromatic carbocycles. The van der Waals surface area contributed by atoms with Gasteiger partial charge in [-0.05, 0) is 30.3 Å². The van der Waals surface area contributed by atoms with Crippen LogP contribution in [0.2, 0.25) is 0 Å². The number of pyridine rings is 1. The summed E-state index contributed by atoms with van der Waals surface area (Å²) in [5.74, 6) is -0.847. The third kappa shape index (κ3) is 2.12. The molecular weight excluding hydrogens is 296 g/mol. The number of H-pyrrole nitrogens is 1. The van der Waals surface area contributed by atoms with Gasteiger partial charge in [-0.1, -0.05) is 6.07 Å². The number of nitrogens with zero attached hydrogens (tertiary/aromatic N) is 2. The maximum atomic E-state index is 13.7. The van der Waals surface area contributed by atoms with Crippen molar-refractivity contribution in [1.82, 2.24) is 9.97 Å². The number of hydrogen-bond donors (Lipinski definition) is 1. The van der Waals surface area contributed by atoms with Gasteiger partial charge in [0.1, 0.15) is 17.7 Å². The van der Waals surface area contributed by atoms with Crippen molar-refractivity contribution in [1.29, 1.82) is 5.26 Å². The molecule has 1 N–H and O–H groups in total. The van der Waals surface area contributed by atoms with Gasteiger partial charge in [0.25, 0.3) is 0 Å². The molecule has 3 nitrogen and oxygen atoms in total. The first-order valence-electron chi connectivity index (χ1n) is 6.93. The molecule has 2 heterocycles. The Balaban J connectivity index is 1.99. The molecule has 2 aromatic heterocycles. The van der Waals surface area contributed by atoms with E-state index in [1.807, 2.05) is 12.1 Å². The summed E-state index contributed by atoms with van der Waals surface area (Å²) in [4.78, 5) is 7.44. The van der Waals surface area contributed by atoms with E-state index >= 15 is 0 Å². The van der Waals surface area contributed by atoms with Gasteiger partial charge in [0.05, 0.1) is 22.3 Å². The van der Waals surface area contributed by atoms with Crippen molar-refractivity contribution in [3.8, 4) is 17.3 Å². The number of hydrogen-bond acceptors (Lipinski definition) is 2. The number of aromatic nitrogens is 2. The smallest absolute Gasteiger partial charge is 0.125 e. The summed E-state index contributed by atoms with van der Waals surface area (Å²) in [6, 6.07) is 12.5. The second-order valence-corrected chi connectivity index (χ2v) is 5.22. The summed E-state index contributed by atoms with van der Waals surface area (Å²) in [6.45, 7) is 0. The summed E-state index contributed by atoms with van der Waals surface area (Å²) >= 11 is 0. The lowest BCUT2D eigenvalue weighted by Crippen LogP contribution is -1.87. The maximum absolute atomic E-state index is 13.7. The molecule has 0 saturated heterocycles. The number of rotatable bonds is 1. The average Bonchev–Trinajstić information content (AvgIpc) is 2.97. The predicted molar refractivity (Wildman–Crippen MR) is 83.7 cm³/mol. The van der Waals surface area contributed by atoms with Gasteiger partial charge in [-0.25, -0.2) is 13.8 Å². The highest BCUT2D eigenvalue weighted by atomic mass is 19.1. The van der Waals surface area contributed by atoms with Crippen molar-refractivity contribution in [2.24, 2.45) is 0 Å². The van der Waals surface area contributed by atoms with Crippen molar-refractivity contribution >= 4 is 21.8 Å². The van der Waals surface area contributed by atoms with E-state index in [0.717, 1.165) is 5.39 Å². The van der Waals surface area contributed by atoms with Gasteiger partial charge in [0.2, 0.25) is 0 Å². The summed E-state index contributed by atoms with van der Waals surface area (Å²) < 4.78 is 27.1. The number of nitriles is 1. The molecule has 0 aliphatic carbocycles. The standard InChI is InChI=1S/C18H9F2N3/c19-12-3-1-10-2-4-16(23-17(10)7-12)15-9-22-18-11(8-21)5-13(20)6-14(15)18/h1-7,9,22H. The van der Waals surface area contributed by atoms with E-state index < -0.39 is 5.82 Å². The summed E-state index contributed by atoms with van der Waals surface area (Å²) in [5.41, 5.74) is 2.57. The first-order valence-corrected chi connectivity index (χ1v) is 6.93. The molecular formula is C18H9F2N3. The van der Waals surface area contributed by atoms with Gasteiger partial charge in [0, 0.05) is 28.6 Å². The van der Waals surface area contributed by atoms with Gasteiger partial charge in [0.15, 0.2) is 0 Å².